The molecule has 4 aromatic heterocycles. The summed E-state index contributed by atoms with van der Waals surface area (Å²) in [5.74, 6) is 0. The molecule has 1 N–H and O–H groups in total. The number of H-pyrrole nitrogens is 1. The van der Waals surface area contributed by atoms with E-state index in [2.05, 4.69) is 66.8 Å². The second-order valence-corrected chi connectivity index (χ2v) is 7.22. The van der Waals surface area contributed by atoms with E-state index in [1.807, 2.05) is 17.1 Å². The highest BCUT2D eigenvalue weighted by molar-refractivity contribution is 5.33. The van der Waals surface area contributed by atoms with Gasteiger partial charge >= 0.3 is 0 Å². The Morgan fingerprint density at radius 1 is 1.14 bits per heavy atom. The minimum Gasteiger partial charge on any atom is -0.348 e. The number of pyridine rings is 1. The lowest BCUT2D eigenvalue weighted by Crippen LogP contribution is -2.36. The Balaban J connectivity index is 1.52. The zero-order chi connectivity index (χ0) is 19.1. The first-order chi connectivity index (χ1) is 13.7. The van der Waals surface area contributed by atoms with Crippen LogP contribution < -0.4 is 0 Å². The zero-order valence-corrected chi connectivity index (χ0v) is 15.9. The minimum atomic E-state index is 0.121. The van der Waals surface area contributed by atoms with Crippen LogP contribution in [0.1, 0.15) is 39.9 Å². The predicted molar refractivity (Wildman–Crippen MR) is 104 cm³/mol. The quantitative estimate of drug-likeness (QED) is 0.593. The Labute approximate surface area is 162 Å². The second-order valence-electron chi connectivity index (χ2n) is 7.22. The van der Waals surface area contributed by atoms with Gasteiger partial charge in [-0.15, -0.1) is 10.2 Å². The fourth-order valence-corrected chi connectivity index (χ4v) is 4.26. The molecule has 0 radical (unpaired) electrons. The van der Waals surface area contributed by atoms with Gasteiger partial charge in [-0.1, -0.05) is 0 Å². The number of hydrogen-bond donors (Lipinski definition) is 1. The zero-order valence-electron chi connectivity index (χ0n) is 15.9. The van der Waals surface area contributed by atoms with Crippen molar-refractivity contribution in [2.24, 2.45) is 0 Å². The van der Waals surface area contributed by atoms with Crippen molar-refractivity contribution in [3.8, 4) is 0 Å². The highest BCUT2D eigenvalue weighted by Gasteiger charge is 2.31. The number of rotatable bonds is 4. The minimum absolute atomic E-state index is 0.121. The van der Waals surface area contributed by atoms with Crippen LogP contribution in [0.2, 0.25) is 0 Å². The van der Waals surface area contributed by atoms with Gasteiger partial charge in [0.05, 0.1) is 18.1 Å². The molecule has 4 aromatic rings. The topological polar surface area (TPSA) is 80.5 Å². The molecule has 0 bridgehead atoms. The summed E-state index contributed by atoms with van der Waals surface area (Å²) in [5, 5.41) is 7.88. The summed E-state index contributed by atoms with van der Waals surface area (Å²) >= 11 is 0. The Morgan fingerprint density at radius 3 is 2.71 bits per heavy atom. The Bertz CT molecular complexity index is 1080. The lowest BCUT2D eigenvalue weighted by atomic mass is 9.96. The standard InChI is InChI=1S/C20H22N8/c1-14-9-17(15(2)28(14)27-12-24-25-13-27)10-26-8-5-18-19(23-11-22-18)20(26)16-3-6-21-7-4-16/h3-4,6-7,9,11-13,20H,5,8,10H2,1-2H3,(H,22,23)/t20-/m1/s1. The molecule has 142 valence electrons. The first kappa shape index (κ1) is 16.9. The fourth-order valence-electron chi connectivity index (χ4n) is 4.26. The van der Waals surface area contributed by atoms with Gasteiger partial charge in [-0.25, -0.2) is 9.66 Å². The van der Waals surface area contributed by atoms with Crippen LogP contribution in [0.15, 0.2) is 49.6 Å². The first-order valence-electron chi connectivity index (χ1n) is 9.41. The number of aromatic nitrogens is 7. The Kier molecular flexibility index (Phi) is 4.05. The highest BCUT2D eigenvalue weighted by atomic mass is 15.5. The van der Waals surface area contributed by atoms with Crippen LogP contribution in [0.3, 0.4) is 0 Å². The molecule has 0 fully saturated rings. The molecule has 1 atom stereocenters. The predicted octanol–water partition coefficient (Wildman–Crippen LogP) is 2.27. The van der Waals surface area contributed by atoms with Crippen molar-refractivity contribution in [3.63, 3.8) is 0 Å². The average Bonchev–Trinajstić information content (AvgIpc) is 3.44. The number of imidazole rings is 1. The molecule has 0 saturated heterocycles. The molecule has 0 spiro atoms. The lowest BCUT2D eigenvalue weighted by molar-refractivity contribution is 0.199. The van der Waals surface area contributed by atoms with E-state index in [1.165, 1.54) is 22.5 Å². The van der Waals surface area contributed by atoms with Crippen molar-refractivity contribution in [3.05, 3.63) is 83.5 Å². The van der Waals surface area contributed by atoms with Crippen LogP contribution in [0.4, 0.5) is 0 Å². The summed E-state index contributed by atoms with van der Waals surface area (Å²) < 4.78 is 4.05. The van der Waals surface area contributed by atoms with Crippen LogP contribution in [-0.4, -0.2) is 45.9 Å². The van der Waals surface area contributed by atoms with Crippen molar-refractivity contribution in [2.75, 3.05) is 6.54 Å². The van der Waals surface area contributed by atoms with Crippen LogP contribution in [0.25, 0.3) is 0 Å². The molecule has 0 saturated carbocycles. The third kappa shape index (κ3) is 2.73. The Hall–Kier alpha value is -3.26. The van der Waals surface area contributed by atoms with Gasteiger partial charge in [0.25, 0.3) is 0 Å². The van der Waals surface area contributed by atoms with Gasteiger partial charge in [0.1, 0.15) is 12.7 Å². The summed E-state index contributed by atoms with van der Waals surface area (Å²) in [7, 11) is 0. The molecular formula is C20H22N8. The highest BCUT2D eigenvalue weighted by Crippen LogP contribution is 2.34. The summed E-state index contributed by atoms with van der Waals surface area (Å²) in [6.07, 6.45) is 9.93. The Morgan fingerprint density at radius 2 is 1.93 bits per heavy atom. The maximum atomic E-state index is 4.65. The molecular weight excluding hydrogens is 352 g/mol. The molecule has 28 heavy (non-hydrogen) atoms. The summed E-state index contributed by atoms with van der Waals surface area (Å²) in [6.45, 7) is 6.08. The van der Waals surface area contributed by atoms with Gasteiger partial charge in [0.2, 0.25) is 0 Å². The molecule has 5 heterocycles. The lowest BCUT2D eigenvalue weighted by Gasteiger charge is -2.35. The molecule has 8 heteroatoms. The van der Waals surface area contributed by atoms with Crippen molar-refractivity contribution in [1.82, 2.24) is 39.4 Å². The molecule has 0 unspecified atom stereocenters. The maximum absolute atomic E-state index is 4.65. The largest absolute Gasteiger partial charge is 0.348 e. The van der Waals surface area contributed by atoms with Gasteiger partial charge in [-0.2, -0.15) is 0 Å². The van der Waals surface area contributed by atoms with E-state index in [-0.39, 0.29) is 6.04 Å². The smallest absolute Gasteiger partial charge is 0.139 e. The van der Waals surface area contributed by atoms with Crippen LogP contribution >= 0.6 is 0 Å². The number of aryl methyl sites for hydroxylation is 1. The van der Waals surface area contributed by atoms with Gasteiger partial charge in [-0.05, 0) is 43.2 Å². The third-order valence-corrected chi connectivity index (χ3v) is 5.56. The molecule has 1 aliphatic heterocycles. The van der Waals surface area contributed by atoms with E-state index < -0.39 is 0 Å². The molecule has 0 amide bonds. The van der Waals surface area contributed by atoms with Gasteiger partial charge < -0.3 is 4.98 Å². The normalized spacial score (nSPS) is 17.0. The van der Waals surface area contributed by atoms with Gasteiger partial charge in [0.15, 0.2) is 0 Å². The number of aromatic amines is 1. The number of nitrogens with zero attached hydrogens (tertiary/aromatic N) is 7. The van der Waals surface area contributed by atoms with Gasteiger partial charge in [-0.3, -0.25) is 14.6 Å². The van der Waals surface area contributed by atoms with Crippen molar-refractivity contribution in [2.45, 2.75) is 32.9 Å². The van der Waals surface area contributed by atoms with Crippen LogP contribution in [0, 0.1) is 13.8 Å². The summed E-state index contributed by atoms with van der Waals surface area (Å²) in [6, 6.07) is 6.54. The second kappa shape index (κ2) is 6.72. The van der Waals surface area contributed by atoms with Crippen molar-refractivity contribution in [1.29, 1.82) is 0 Å². The van der Waals surface area contributed by atoms with E-state index >= 15 is 0 Å². The van der Waals surface area contributed by atoms with Crippen LogP contribution in [0.5, 0.6) is 0 Å². The fraction of sp³-hybridized carbons (Fsp3) is 0.300. The van der Waals surface area contributed by atoms with E-state index in [4.69, 9.17) is 0 Å². The molecule has 0 aromatic carbocycles. The molecule has 1 aliphatic rings. The number of hydrogen-bond acceptors (Lipinski definition) is 5. The molecule has 5 rings (SSSR count). The average molecular weight is 374 g/mol. The van der Waals surface area contributed by atoms with E-state index in [1.54, 1.807) is 19.0 Å². The SMILES string of the molecule is Cc1cc(CN2CCc3[nH]cnc3[C@H]2c2ccncc2)c(C)n1-n1cnnc1. The van der Waals surface area contributed by atoms with E-state index in [9.17, 15) is 0 Å². The van der Waals surface area contributed by atoms with E-state index in [0.717, 1.165) is 30.9 Å². The molecule has 8 nitrogen and oxygen atoms in total. The van der Waals surface area contributed by atoms with Gasteiger partial charge in [0, 0.05) is 49.0 Å². The summed E-state index contributed by atoms with van der Waals surface area (Å²) in [4.78, 5) is 14.6. The van der Waals surface area contributed by atoms with E-state index in [0.29, 0.717) is 0 Å². The first-order valence-corrected chi connectivity index (χ1v) is 9.41. The summed E-state index contributed by atoms with van der Waals surface area (Å²) in [5.41, 5.74) is 7.21. The maximum Gasteiger partial charge on any atom is 0.139 e. The number of fused-ring (bicyclic) bond motifs is 1. The monoisotopic (exact) mass is 374 g/mol. The van der Waals surface area contributed by atoms with Crippen molar-refractivity contribution >= 4 is 0 Å². The third-order valence-electron chi connectivity index (χ3n) is 5.56. The van der Waals surface area contributed by atoms with Crippen LogP contribution in [-0.2, 0) is 13.0 Å². The molecule has 0 aliphatic carbocycles. The van der Waals surface area contributed by atoms with Crippen molar-refractivity contribution < 1.29 is 0 Å². The number of nitrogens with one attached hydrogen (secondary N) is 1.